The van der Waals surface area contributed by atoms with Gasteiger partial charge in [0.15, 0.2) is 0 Å². The predicted molar refractivity (Wildman–Crippen MR) is 185 cm³/mol. The molecule has 49 heavy (non-hydrogen) atoms. The van der Waals surface area contributed by atoms with E-state index in [9.17, 15) is 23.9 Å². The molecule has 1 aromatic heterocycles. The van der Waals surface area contributed by atoms with E-state index in [1.54, 1.807) is 36.4 Å². The molecule has 0 unspecified atom stereocenters. The van der Waals surface area contributed by atoms with E-state index in [1.165, 1.54) is 46.6 Å². The molecule has 8 rings (SSSR count). The molecule has 2 aliphatic heterocycles. The van der Waals surface area contributed by atoms with Crippen LogP contribution in [0.15, 0.2) is 100 Å². The third-order valence-corrected chi connectivity index (χ3v) is 12.1. The van der Waals surface area contributed by atoms with Gasteiger partial charge in [0.2, 0.25) is 11.8 Å². The van der Waals surface area contributed by atoms with Crippen molar-refractivity contribution in [2.45, 2.75) is 30.7 Å². The number of fused-ring (bicyclic) bond motifs is 4. The van der Waals surface area contributed by atoms with Crippen molar-refractivity contribution in [1.82, 2.24) is 9.91 Å². The highest BCUT2D eigenvalue weighted by atomic mass is 79.9. The third-order valence-electron chi connectivity index (χ3n) is 10.5. The summed E-state index contributed by atoms with van der Waals surface area (Å²) in [6, 6.07) is 20.8. The number of rotatable bonds is 6. The van der Waals surface area contributed by atoms with Crippen molar-refractivity contribution in [2.75, 3.05) is 5.43 Å². The van der Waals surface area contributed by atoms with Gasteiger partial charge >= 0.3 is 0 Å². The minimum absolute atomic E-state index is 0.0812. The zero-order valence-electron chi connectivity index (χ0n) is 25.7. The first kappa shape index (κ1) is 31.9. The summed E-state index contributed by atoms with van der Waals surface area (Å²) in [6.07, 6.45) is 2.33. The molecule has 6 atom stereocenters. The van der Waals surface area contributed by atoms with Gasteiger partial charge in [0.25, 0.3) is 11.8 Å². The minimum atomic E-state index is -1.58. The lowest BCUT2D eigenvalue weighted by atomic mass is 9.49. The van der Waals surface area contributed by atoms with Crippen LogP contribution in [0.3, 0.4) is 0 Å². The first-order valence-electron chi connectivity index (χ1n) is 15.8. The number of allylic oxidation sites excluding steroid dienone is 2. The highest BCUT2D eigenvalue weighted by molar-refractivity contribution is 9.10. The molecular weight excluding hydrogens is 733 g/mol. The number of halogens is 3. The number of hydrogen-bond donors (Lipinski definition) is 2. The largest absolute Gasteiger partial charge is 0.508 e. The van der Waals surface area contributed by atoms with E-state index in [0.29, 0.717) is 26.3 Å². The smallest absolute Gasteiger partial charge is 0.260 e. The average molecular weight is 761 g/mol. The van der Waals surface area contributed by atoms with Crippen LogP contribution < -0.4 is 5.43 Å². The van der Waals surface area contributed by atoms with E-state index in [0.717, 1.165) is 15.5 Å². The fraction of sp³-hybridized carbons (Fsp3) is 0.243. The number of likely N-dealkylation sites (tertiary alicyclic amines) is 1. The molecule has 2 saturated heterocycles. The topological polar surface area (TPSA) is 107 Å². The molecule has 0 radical (unpaired) electrons. The third kappa shape index (κ3) is 4.88. The number of hydrazine groups is 1. The Morgan fingerprint density at radius 1 is 0.959 bits per heavy atom. The Kier molecular flexibility index (Phi) is 7.77. The van der Waals surface area contributed by atoms with Crippen LogP contribution in [0.1, 0.15) is 34.8 Å². The van der Waals surface area contributed by atoms with Crippen molar-refractivity contribution in [2.24, 2.45) is 23.7 Å². The van der Waals surface area contributed by atoms with Crippen molar-refractivity contribution < 1.29 is 28.7 Å². The number of nitrogens with one attached hydrogen (secondary N) is 1. The van der Waals surface area contributed by atoms with E-state index in [4.69, 9.17) is 11.6 Å². The molecule has 4 aliphatic rings. The SMILES string of the molecule is O=C1[C@H]2[C@H](CC=C3[C@H]2C[C@H]2C(=O)N(Nc4ccc(F)cc4)C(=O)[C@@]2(c2ccc(Cl)cc2)[C@H]3c2cc(Br)ccc2O)C(=O)N1Cc1cccs1. The van der Waals surface area contributed by atoms with E-state index in [-0.39, 0.29) is 37.0 Å². The van der Waals surface area contributed by atoms with Gasteiger partial charge in [0, 0.05) is 25.9 Å². The molecule has 4 amide bonds. The lowest BCUT2D eigenvalue weighted by Crippen LogP contribution is -2.53. The number of amides is 4. The summed E-state index contributed by atoms with van der Waals surface area (Å²) in [4.78, 5) is 60.1. The standard InChI is InChI=1S/C37H28BrClFN3O5S/c38-20-5-14-30(44)28(16-20)32-25-12-13-26-31(35(47)42(33(26)45)18-24-2-1-15-49-24)27(25)17-29-34(46)43(41-23-10-8-22(40)9-11-23)36(48)37(29,32)19-3-6-21(39)7-4-19/h1-12,14-16,26-27,29,31-32,41,44H,13,17-18H2/t26-,27+,29-,31-,32+,37+/m0/s1. The first-order valence-corrected chi connectivity index (χ1v) is 17.9. The van der Waals surface area contributed by atoms with Crippen LogP contribution in [0, 0.1) is 29.5 Å². The van der Waals surface area contributed by atoms with Crippen LogP contribution in [-0.2, 0) is 31.1 Å². The Morgan fingerprint density at radius 3 is 2.43 bits per heavy atom. The second-order valence-corrected chi connectivity index (χ2v) is 15.3. The number of thiophene rings is 1. The first-order chi connectivity index (χ1) is 23.6. The van der Waals surface area contributed by atoms with Crippen LogP contribution in [0.25, 0.3) is 0 Å². The lowest BCUT2D eigenvalue weighted by Gasteiger charge is -2.50. The number of aromatic hydroxyl groups is 1. The van der Waals surface area contributed by atoms with E-state index < -0.39 is 52.6 Å². The lowest BCUT2D eigenvalue weighted by molar-refractivity contribution is -0.141. The summed E-state index contributed by atoms with van der Waals surface area (Å²) < 4.78 is 14.5. The summed E-state index contributed by atoms with van der Waals surface area (Å²) in [5, 5.41) is 14.8. The fourth-order valence-corrected chi connectivity index (χ4v) is 9.73. The van der Waals surface area contributed by atoms with Crippen molar-refractivity contribution in [1.29, 1.82) is 0 Å². The summed E-state index contributed by atoms with van der Waals surface area (Å²) in [6.45, 7) is 0.172. The number of anilines is 1. The molecule has 3 aromatic carbocycles. The van der Waals surface area contributed by atoms with Crippen LogP contribution in [0.4, 0.5) is 10.1 Å². The average Bonchev–Trinajstić information content (AvgIpc) is 3.75. The Hall–Kier alpha value is -4.32. The number of nitrogens with zero attached hydrogens (tertiary/aromatic N) is 2. The molecule has 248 valence electrons. The number of phenolic OH excluding ortho intramolecular Hbond substituents is 1. The zero-order valence-corrected chi connectivity index (χ0v) is 28.8. The normalized spacial score (nSPS) is 27.6. The maximum absolute atomic E-state index is 15.1. The Morgan fingerprint density at radius 2 is 1.71 bits per heavy atom. The summed E-state index contributed by atoms with van der Waals surface area (Å²) >= 11 is 11.3. The molecule has 3 heterocycles. The van der Waals surface area contributed by atoms with Crippen LogP contribution >= 0.6 is 38.9 Å². The van der Waals surface area contributed by atoms with E-state index in [1.807, 2.05) is 23.6 Å². The fourth-order valence-electron chi connectivity index (χ4n) is 8.54. The molecule has 0 spiro atoms. The minimum Gasteiger partial charge on any atom is -0.508 e. The molecule has 0 bridgehead atoms. The maximum atomic E-state index is 15.1. The molecule has 2 aliphatic carbocycles. The van der Waals surface area contributed by atoms with Crippen LogP contribution in [0.5, 0.6) is 5.75 Å². The van der Waals surface area contributed by atoms with Gasteiger partial charge in [-0.05, 0) is 90.4 Å². The Bertz CT molecular complexity index is 2060. The van der Waals surface area contributed by atoms with Gasteiger partial charge in [-0.25, -0.2) is 4.39 Å². The molecule has 4 aromatic rings. The van der Waals surface area contributed by atoms with Gasteiger partial charge in [-0.15, -0.1) is 11.3 Å². The molecule has 2 N–H and O–H groups in total. The number of imide groups is 2. The van der Waals surface area contributed by atoms with Gasteiger partial charge < -0.3 is 5.11 Å². The summed E-state index contributed by atoms with van der Waals surface area (Å²) in [7, 11) is 0. The van der Waals surface area contributed by atoms with E-state index in [2.05, 4.69) is 21.4 Å². The van der Waals surface area contributed by atoms with Crippen molar-refractivity contribution in [3.8, 4) is 5.75 Å². The van der Waals surface area contributed by atoms with Gasteiger partial charge in [-0.3, -0.25) is 29.5 Å². The highest BCUT2D eigenvalue weighted by Gasteiger charge is 2.70. The van der Waals surface area contributed by atoms with E-state index >= 15 is 4.79 Å². The summed E-state index contributed by atoms with van der Waals surface area (Å²) in [5.41, 5.74) is 3.32. The van der Waals surface area contributed by atoms with Gasteiger partial charge in [0.05, 0.1) is 35.4 Å². The van der Waals surface area contributed by atoms with Crippen molar-refractivity contribution >= 4 is 68.2 Å². The van der Waals surface area contributed by atoms with Crippen molar-refractivity contribution in [3.63, 3.8) is 0 Å². The van der Waals surface area contributed by atoms with Gasteiger partial charge in [-0.2, -0.15) is 5.01 Å². The van der Waals surface area contributed by atoms with Crippen LogP contribution in [0.2, 0.25) is 5.02 Å². The number of carbonyl (C=O) groups excluding carboxylic acids is 4. The predicted octanol–water partition coefficient (Wildman–Crippen LogP) is 7.19. The molecule has 1 saturated carbocycles. The zero-order chi connectivity index (χ0) is 34.2. The van der Waals surface area contributed by atoms with Crippen LogP contribution in [-0.4, -0.2) is 38.6 Å². The second kappa shape index (κ2) is 11.9. The second-order valence-electron chi connectivity index (χ2n) is 12.9. The van der Waals surface area contributed by atoms with Crippen molar-refractivity contribution in [3.05, 3.63) is 127 Å². The monoisotopic (exact) mass is 759 g/mol. The number of benzene rings is 3. The summed E-state index contributed by atoms with van der Waals surface area (Å²) in [5.74, 6) is -6.02. The molecule has 12 heteroatoms. The molecule has 8 nitrogen and oxygen atoms in total. The van der Waals surface area contributed by atoms with Gasteiger partial charge in [-0.1, -0.05) is 57.4 Å². The number of carbonyl (C=O) groups is 4. The number of phenols is 1. The Balaban J connectivity index is 1.32. The maximum Gasteiger partial charge on any atom is 0.260 e. The highest BCUT2D eigenvalue weighted by Crippen LogP contribution is 2.65. The van der Waals surface area contributed by atoms with Gasteiger partial charge in [0.1, 0.15) is 11.6 Å². The molecule has 3 fully saturated rings. The number of hydrogen-bond acceptors (Lipinski definition) is 7. The quantitative estimate of drug-likeness (QED) is 0.159. The molecular formula is C37H28BrClFN3O5S. The Labute approximate surface area is 298 Å².